The molecule has 0 unspecified atom stereocenters. The van der Waals surface area contributed by atoms with E-state index in [0.717, 1.165) is 4.47 Å². The molecule has 0 bridgehead atoms. The number of hydrogen-bond acceptors (Lipinski definition) is 2. The molecular formula is C10H9BrO3. The minimum Gasteiger partial charge on any atom is -0.475 e. The number of carboxylic acid groups (broad SMARTS) is 1. The Balaban J connectivity index is 2.78. The fraction of sp³-hybridized carbons (Fsp3) is 0.100. The Kier molecular flexibility index (Phi) is 3.71. The monoisotopic (exact) mass is 256 g/mol. The van der Waals surface area contributed by atoms with Crippen molar-refractivity contribution in [2.24, 2.45) is 0 Å². The van der Waals surface area contributed by atoms with Crippen LogP contribution >= 0.6 is 15.9 Å². The van der Waals surface area contributed by atoms with Crippen molar-refractivity contribution in [3.05, 3.63) is 40.6 Å². The first-order valence-electron chi connectivity index (χ1n) is 3.96. The van der Waals surface area contributed by atoms with Crippen molar-refractivity contribution in [2.45, 2.75) is 6.92 Å². The van der Waals surface area contributed by atoms with Gasteiger partial charge in [0, 0.05) is 4.47 Å². The molecule has 0 fully saturated rings. The van der Waals surface area contributed by atoms with Crippen LogP contribution in [0.5, 0.6) is 5.75 Å². The van der Waals surface area contributed by atoms with E-state index in [-0.39, 0.29) is 5.76 Å². The molecule has 0 aromatic heterocycles. The Bertz CT molecular complexity index is 354. The highest BCUT2D eigenvalue weighted by atomic mass is 79.9. The van der Waals surface area contributed by atoms with Gasteiger partial charge in [-0.05, 0) is 37.3 Å². The van der Waals surface area contributed by atoms with E-state index in [1.165, 1.54) is 6.08 Å². The third-order valence-electron chi connectivity index (χ3n) is 1.51. The molecule has 3 nitrogen and oxygen atoms in total. The van der Waals surface area contributed by atoms with Crippen LogP contribution in [0.4, 0.5) is 0 Å². The predicted molar refractivity (Wildman–Crippen MR) is 56.2 cm³/mol. The van der Waals surface area contributed by atoms with Gasteiger partial charge in [-0.25, -0.2) is 4.79 Å². The van der Waals surface area contributed by atoms with Gasteiger partial charge in [0.1, 0.15) is 5.75 Å². The number of allylic oxidation sites excluding steroid dienone is 1. The van der Waals surface area contributed by atoms with Gasteiger partial charge in [-0.15, -0.1) is 0 Å². The molecular weight excluding hydrogens is 248 g/mol. The fourth-order valence-corrected chi connectivity index (χ4v) is 1.12. The minimum atomic E-state index is -1.07. The molecule has 0 saturated carbocycles. The van der Waals surface area contributed by atoms with Gasteiger partial charge in [-0.2, -0.15) is 0 Å². The normalized spacial score (nSPS) is 11.1. The van der Waals surface area contributed by atoms with E-state index in [2.05, 4.69) is 15.9 Å². The second-order valence-corrected chi connectivity index (χ2v) is 3.43. The molecule has 0 aliphatic carbocycles. The molecule has 4 heteroatoms. The summed E-state index contributed by atoms with van der Waals surface area (Å²) in [7, 11) is 0. The smallest absolute Gasteiger partial charge is 0.371 e. The quantitative estimate of drug-likeness (QED) is 0.669. The zero-order valence-corrected chi connectivity index (χ0v) is 9.11. The van der Waals surface area contributed by atoms with Crippen molar-refractivity contribution >= 4 is 21.9 Å². The summed E-state index contributed by atoms with van der Waals surface area (Å²) in [6, 6.07) is 6.95. The lowest BCUT2D eigenvalue weighted by Crippen LogP contribution is -2.06. The largest absolute Gasteiger partial charge is 0.475 e. The number of aliphatic carboxylic acids is 1. The molecule has 1 N–H and O–H groups in total. The third kappa shape index (κ3) is 2.88. The van der Waals surface area contributed by atoms with Gasteiger partial charge < -0.3 is 9.84 Å². The summed E-state index contributed by atoms with van der Waals surface area (Å²) in [5.41, 5.74) is 0. The lowest BCUT2D eigenvalue weighted by atomic mass is 10.3. The molecule has 1 rings (SSSR count). The van der Waals surface area contributed by atoms with Crippen LogP contribution in [0.15, 0.2) is 40.6 Å². The van der Waals surface area contributed by atoms with Crippen molar-refractivity contribution in [2.75, 3.05) is 0 Å². The highest BCUT2D eigenvalue weighted by Crippen LogP contribution is 2.18. The Hall–Kier alpha value is -1.29. The maximum atomic E-state index is 10.6. The van der Waals surface area contributed by atoms with Gasteiger partial charge in [-0.1, -0.05) is 15.9 Å². The van der Waals surface area contributed by atoms with Gasteiger partial charge in [0.25, 0.3) is 0 Å². The van der Waals surface area contributed by atoms with E-state index in [1.807, 2.05) is 0 Å². The Labute approximate surface area is 90.1 Å². The molecule has 0 aliphatic rings. The molecule has 0 spiro atoms. The van der Waals surface area contributed by atoms with E-state index >= 15 is 0 Å². The zero-order chi connectivity index (χ0) is 10.6. The standard InChI is InChI=1S/C10H9BrO3/c1-2-9(10(12)13)14-8-5-3-7(11)4-6-8/h2-6H,1H3,(H,12,13)/b9-2-. The molecule has 74 valence electrons. The number of ether oxygens (including phenoxy) is 1. The van der Waals surface area contributed by atoms with Crippen molar-refractivity contribution in [1.82, 2.24) is 0 Å². The second-order valence-electron chi connectivity index (χ2n) is 2.51. The number of halogens is 1. The van der Waals surface area contributed by atoms with Crippen LogP contribution in [0, 0.1) is 0 Å². The van der Waals surface area contributed by atoms with Gasteiger partial charge in [-0.3, -0.25) is 0 Å². The lowest BCUT2D eigenvalue weighted by Gasteiger charge is -2.04. The summed E-state index contributed by atoms with van der Waals surface area (Å²) in [5.74, 6) is -0.647. The van der Waals surface area contributed by atoms with E-state index in [1.54, 1.807) is 31.2 Å². The Morgan fingerprint density at radius 2 is 2.00 bits per heavy atom. The van der Waals surface area contributed by atoms with Crippen molar-refractivity contribution in [1.29, 1.82) is 0 Å². The summed E-state index contributed by atoms with van der Waals surface area (Å²) in [5, 5.41) is 8.69. The number of carbonyl (C=O) groups is 1. The molecule has 0 radical (unpaired) electrons. The first-order valence-corrected chi connectivity index (χ1v) is 4.76. The average molecular weight is 257 g/mol. The van der Waals surface area contributed by atoms with Crippen LogP contribution < -0.4 is 4.74 Å². The molecule has 0 saturated heterocycles. The minimum absolute atomic E-state index is 0.0766. The van der Waals surface area contributed by atoms with Gasteiger partial charge in [0.2, 0.25) is 5.76 Å². The highest BCUT2D eigenvalue weighted by Gasteiger charge is 2.07. The van der Waals surface area contributed by atoms with E-state index in [4.69, 9.17) is 9.84 Å². The van der Waals surface area contributed by atoms with Crippen molar-refractivity contribution < 1.29 is 14.6 Å². The molecule has 0 aliphatic heterocycles. The van der Waals surface area contributed by atoms with E-state index in [9.17, 15) is 4.79 Å². The summed E-state index contributed by atoms with van der Waals surface area (Å²) < 4.78 is 6.04. The zero-order valence-electron chi connectivity index (χ0n) is 7.53. The molecule has 0 heterocycles. The molecule has 1 aromatic rings. The van der Waals surface area contributed by atoms with Crippen molar-refractivity contribution in [3.8, 4) is 5.75 Å². The molecule has 14 heavy (non-hydrogen) atoms. The van der Waals surface area contributed by atoms with E-state index < -0.39 is 5.97 Å². The SMILES string of the molecule is C/C=C(\Oc1ccc(Br)cc1)C(=O)O. The van der Waals surface area contributed by atoms with Crippen LogP contribution in [0.1, 0.15) is 6.92 Å². The third-order valence-corrected chi connectivity index (χ3v) is 2.04. The van der Waals surface area contributed by atoms with Crippen LogP contribution in [-0.4, -0.2) is 11.1 Å². The maximum absolute atomic E-state index is 10.6. The van der Waals surface area contributed by atoms with Crippen LogP contribution in [-0.2, 0) is 4.79 Å². The van der Waals surface area contributed by atoms with Crippen LogP contribution in [0.25, 0.3) is 0 Å². The first kappa shape index (κ1) is 10.8. The van der Waals surface area contributed by atoms with E-state index in [0.29, 0.717) is 5.75 Å². The van der Waals surface area contributed by atoms with Gasteiger partial charge in [0.15, 0.2) is 0 Å². The fourth-order valence-electron chi connectivity index (χ4n) is 0.856. The summed E-state index contributed by atoms with van der Waals surface area (Å²) in [4.78, 5) is 10.6. The Morgan fingerprint density at radius 3 is 2.43 bits per heavy atom. The predicted octanol–water partition coefficient (Wildman–Crippen LogP) is 2.82. The highest BCUT2D eigenvalue weighted by molar-refractivity contribution is 9.10. The number of carboxylic acids is 1. The molecule has 0 atom stereocenters. The number of benzene rings is 1. The van der Waals surface area contributed by atoms with Crippen molar-refractivity contribution in [3.63, 3.8) is 0 Å². The van der Waals surface area contributed by atoms with Gasteiger partial charge >= 0.3 is 5.97 Å². The Morgan fingerprint density at radius 1 is 1.43 bits per heavy atom. The molecule has 1 aromatic carbocycles. The summed E-state index contributed by atoms with van der Waals surface area (Å²) in [6.07, 6.45) is 1.41. The van der Waals surface area contributed by atoms with Gasteiger partial charge in [0.05, 0.1) is 0 Å². The maximum Gasteiger partial charge on any atom is 0.371 e. The topological polar surface area (TPSA) is 46.5 Å². The summed E-state index contributed by atoms with van der Waals surface area (Å²) in [6.45, 7) is 1.61. The average Bonchev–Trinajstić information content (AvgIpc) is 2.16. The number of rotatable bonds is 3. The lowest BCUT2D eigenvalue weighted by molar-refractivity contribution is -0.135. The van der Waals surface area contributed by atoms with Crippen LogP contribution in [0.2, 0.25) is 0 Å². The van der Waals surface area contributed by atoms with Crippen LogP contribution in [0.3, 0.4) is 0 Å². The second kappa shape index (κ2) is 4.81. The molecule has 0 amide bonds. The number of hydrogen-bond donors (Lipinski definition) is 1. The summed E-state index contributed by atoms with van der Waals surface area (Å²) >= 11 is 3.27. The first-order chi connectivity index (χ1) is 6.63.